The summed E-state index contributed by atoms with van der Waals surface area (Å²) >= 11 is 0. The third-order valence-corrected chi connectivity index (χ3v) is 4.12. The molecule has 0 unspecified atom stereocenters. The minimum absolute atomic E-state index is 0.0534. The molecule has 0 spiro atoms. The molecule has 0 N–H and O–H groups in total. The molecule has 0 radical (unpaired) electrons. The zero-order valence-corrected chi connectivity index (χ0v) is 13.2. The van der Waals surface area contributed by atoms with Crippen molar-refractivity contribution in [3.8, 4) is 0 Å². The molecular formula is C17H31NO2. The second-order valence-corrected chi connectivity index (χ2v) is 6.03. The van der Waals surface area contributed by atoms with Gasteiger partial charge in [0.15, 0.2) is 0 Å². The molecule has 0 atom stereocenters. The van der Waals surface area contributed by atoms with Gasteiger partial charge >= 0.3 is 0 Å². The Kier molecular flexibility index (Phi) is 9.35. The summed E-state index contributed by atoms with van der Waals surface area (Å²) in [6.07, 6.45) is 12.7. The molecule has 1 aliphatic heterocycles. The van der Waals surface area contributed by atoms with Gasteiger partial charge in [-0.3, -0.25) is 9.59 Å². The number of carbonyl (C=O) groups is 2. The maximum atomic E-state index is 11.9. The number of amides is 1. The summed E-state index contributed by atoms with van der Waals surface area (Å²) in [5, 5.41) is 0. The molecule has 1 amide bonds. The minimum Gasteiger partial charge on any atom is -0.342 e. The van der Waals surface area contributed by atoms with E-state index in [9.17, 15) is 9.59 Å². The van der Waals surface area contributed by atoms with Crippen LogP contribution >= 0.6 is 0 Å². The predicted octanol–water partition coefficient (Wildman–Crippen LogP) is 4.10. The monoisotopic (exact) mass is 281 g/mol. The topological polar surface area (TPSA) is 37.4 Å². The summed E-state index contributed by atoms with van der Waals surface area (Å²) in [6, 6.07) is 0. The number of ketones is 1. The highest BCUT2D eigenvalue weighted by atomic mass is 16.2. The third-order valence-electron chi connectivity index (χ3n) is 4.12. The van der Waals surface area contributed by atoms with E-state index in [1.165, 1.54) is 38.5 Å². The van der Waals surface area contributed by atoms with E-state index in [0.29, 0.717) is 6.42 Å². The molecule has 3 nitrogen and oxygen atoms in total. The fourth-order valence-electron chi connectivity index (χ4n) is 2.79. The third kappa shape index (κ3) is 7.66. The largest absolute Gasteiger partial charge is 0.342 e. The van der Waals surface area contributed by atoms with E-state index in [4.69, 9.17) is 0 Å². The van der Waals surface area contributed by atoms with E-state index < -0.39 is 0 Å². The molecule has 1 fully saturated rings. The van der Waals surface area contributed by atoms with Gasteiger partial charge in [0.1, 0.15) is 5.78 Å². The second kappa shape index (κ2) is 10.9. The van der Waals surface area contributed by atoms with Crippen LogP contribution in [0.4, 0.5) is 0 Å². The Morgan fingerprint density at radius 3 is 2.10 bits per heavy atom. The van der Waals surface area contributed by atoms with Gasteiger partial charge in [0.05, 0.1) is 6.42 Å². The van der Waals surface area contributed by atoms with Crippen molar-refractivity contribution in [2.45, 2.75) is 84.0 Å². The summed E-state index contributed by atoms with van der Waals surface area (Å²) in [5.41, 5.74) is 0. The van der Waals surface area contributed by atoms with E-state index in [1.54, 1.807) is 0 Å². The van der Waals surface area contributed by atoms with Crippen molar-refractivity contribution in [2.24, 2.45) is 0 Å². The van der Waals surface area contributed by atoms with Crippen LogP contribution in [0.3, 0.4) is 0 Å². The number of carbonyl (C=O) groups excluding carboxylic acids is 2. The highest BCUT2D eigenvalue weighted by Crippen LogP contribution is 2.12. The highest BCUT2D eigenvalue weighted by molar-refractivity contribution is 5.97. The van der Waals surface area contributed by atoms with E-state index in [-0.39, 0.29) is 18.1 Å². The van der Waals surface area contributed by atoms with Crippen molar-refractivity contribution in [2.75, 3.05) is 13.1 Å². The van der Waals surface area contributed by atoms with Gasteiger partial charge in [-0.2, -0.15) is 0 Å². The molecule has 1 saturated heterocycles. The maximum Gasteiger partial charge on any atom is 0.230 e. The standard InChI is InChI=1S/C17H31NO2/c1-2-3-4-5-6-7-9-12-16(19)15-17(20)18-13-10-8-11-14-18/h2-15H2,1H3. The molecule has 0 aromatic rings. The summed E-state index contributed by atoms with van der Waals surface area (Å²) in [6.45, 7) is 3.92. The van der Waals surface area contributed by atoms with Crippen LogP contribution in [0.25, 0.3) is 0 Å². The summed E-state index contributed by atoms with van der Waals surface area (Å²) < 4.78 is 0. The lowest BCUT2D eigenvalue weighted by Gasteiger charge is -2.26. The molecule has 0 aliphatic carbocycles. The van der Waals surface area contributed by atoms with Crippen LogP contribution in [0.5, 0.6) is 0 Å². The molecule has 1 rings (SSSR count). The van der Waals surface area contributed by atoms with Gasteiger partial charge in [0.2, 0.25) is 5.91 Å². The number of Topliss-reactive ketones (excluding diaryl/α,β-unsaturated/α-hetero) is 1. The zero-order chi connectivity index (χ0) is 14.6. The van der Waals surface area contributed by atoms with Crippen molar-refractivity contribution in [1.82, 2.24) is 4.90 Å². The second-order valence-electron chi connectivity index (χ2n) is 6.03. The predicted molar refractivity (Wildman–Crippen MR) is 82.7 cm³/mol. The van der Waals surface area contributed by atoms with E-state index in [2.05, 4.69) is 6.92 Å². The Morgan fingerprint density at radius 1 is 0.850 bits per heavy atom. The van der Waals surface area contributed by atoms with Gasteiger partial charge < -0.3 is 4.90 Å². The number of hydrogen-bond donors (Lipinski definition) is 0. The molecule has 0 bridgehead atoms. The van der Waals surface area contributed by atoms with Gasteiger partial charge in [-0.25, -0.2) is 0 Å². The summed E-state index contributed by atoms with van der Waals surface area (Å²) in [4.78, 5) is 25.6. The lowest BCUT2D eigenvalue weighted by atomic mass is 10.0. The zero-order valence-electron chi connectivity index (χ0n) is 13.2. The SMILES string of the molecule is CCCCCCCCCC(=O)CC(=O)N1CCCCC1. The summed E-state index contributed by atoms with van der Waals surface area (Å²) in [7, 11) is 0. The van der Waals surface area contributed by atoms with Crippen LogP contribution in [0.15, 0.2) is 0 Å². The molecule has 0 saturated carbocycles. The number of nitrogens with zero attached hydrogens (tertiary/aromatic N) is 1. The Labute approximate surface area is 124 Å². The van der Waals surface area contributed by atoms with E-state index >= 15 is 0 Å². The van der Waals surface area contributed by atoms with Crippen LogP contribution < -0.4 is 0 Å². The van der Waals surface area contributed by atoms with Crippen molar-refractivity contribution >= 4 is 11.7 Å². The Morgan fingerprint density at radius 2 is 1.45 bits per heavy atom. The highest BCUT2D eigenvalue weighted by Gasteiger charge is 2.18. The Bertz CT molecular complexity index is 283. The lowest BCUT2D eigenvalue weighted by molar-refractivity contribution is -0.136. The molecule has 20 heavy (non-hydrogen) atoms. The number of piperidine rings is 1. The number of rotatable bonds is 10. The van der Waals surface area contributed by atoms with Gasteiger partial charge in [-0.1, -0.05) is 45.4 Å². The minimum atomic E-state index is 0.0534. The lowest BCUT2D eigenvalue weighted by Crippen LogP contribution is -2.36. The quantitative estimate of drug-likeness (QED) is 0.446. The number of likely N-dealkylation sites (tertiary alicyclic amines) is 1. The maximum absolute atomic E-state index is 11.9. The first-order chi connectivity index (χ1) is 9.74. The smallest absolute Gasteiger partial charge is 0.230 e. The first kappa shape index (κ1) is 17.2. The van der Waals surface area contributed by atoms with Crippen LogP contribution in [-0.4, -0.2) is 29.7 Å². The average molecular weight is 281 g/mol. The van der Waals surface area contributed by atoms with Crippen LogP contribution in [0.2, 0.25) is 0 Å². The van der Waals surface area contributed by atoms with Gasteiger partial charge in [-0.05, 0) is 25.7 Å². The van der Waals surface area contributed by atoms with Crippen molar-refractivity contribution in [3.05, 3.63) is 0 Å². The molecule has 1 heterocycles. The van der Waals surface area contributed by atoms with Crippen LogP contribution in [-0.2, 0) is 9.59 Å². The first-order valence-electron chi connectivity index (χ1n) is 8.53. The van der Waals surface area contributed by atoms with Crippen LogP contribution in [0, 0.1) is 0 Å². The van der Waals surface area contributed by atoms with Gasteiger partial charge in [0, 0.05) is 19.5 Å². The van der Waals surface area contributed by atoms with E-state index in [0.717, 1.165) is 38.8 Å². The molecule has 0 aromatic heterocycles. The first-order valence-corrected chi connectivity index (χ1v) is 8.53. The van der Waals surface area contributed by atoms with Gasteiger partial charge in [0.25, 0.3) is 0 Å². The Balaban J connectivity index is 2.00. The molecule has 1 aliphatic rings. The fraction of sp³-hybridized carbons (Fsp3) is 0.882. The fourth-order valence-corrected chi connectivity index (χ4v) is 2.79. The van der Waals surface area contributed by atoms with Crippen molar-refractivity contribution in [3.63, 3.8) is 0 Å². The average Bonchev–Trinajstić information content (AvgIpc) is 2.47. The van der Waals surface area contributed by atoms with Gasteiger partial charge in [-0.15, -0.1) is 0 Å². The molecule has 116 valence electrons. The number of unbranched alkanes of at least 4 members (excludes halogenated alkanes) is 6. The normalized spacial score (nSPS) is 15.3. The van der Waals surface area contributed by atoms with E-state index in [1.807, 2.05) is 4.90 Å². The summed E-state index contributed by atoms with van der Waals surface area (Å²) in [5.74, 6) is 0.187. The molecule has 0 aromatic carbocycles. The Hall–Kier alpha value is -0.860. The van der Waals surface area contributed by atoms with Crippen molar-refractivity contribution in [1.29, 1.82) is 0 Å². The number of hydrogen-bond acceptors (Lipinski definition) is 2. The van der Waals surface area contributed by atoms with Crippen molar-refractivity contribution < 1.29 is 9.59 Å². The van der Waals surface area contributed by atoms with Crippen LogP contribution in [0.1, 0.15) is 84.0 Å². The molecule has 3 heteroatoms. The molecular weight excluding hydrogens is 250 g/mol.